The largest absolute Gasteiger partial charge is 0.394 e. The molecule has 1 atom stereocenters. The Balaban J connectivity index is 2.29. The second kappa shape index (κ2) is 5.83. The SMILES string of the molecule is CC(CO)N(C)C(=O)Cn1cnc2ccccc2c1=O. The highest BCUT2D eigenvalue weighted by molar-refractivity contribution is 5.78. The normalized spacial score (nSPS) is 12.3. The molecule has 2 rings (SSSR count). The third-order valence-corrected chi connectivity index (χ3v) is 3.36. The molecule has 2 aromatic rings. The summed E-state index contributed by atoms with van der Waals surface area (Å²) in [6.07, 6.45) is 1.38. The van der Waals surface area contributed by atoms with Crippen molar-refractivity contribution < 1.29 is 9.90 Å². The van der Waals surface area contributed by atoms with Gasteiger partial charge in [0.2, 0.25) is 5.91 Å². The monoisotopic (exact) mass is 275 g/mol. The summed E-state index contributed by atoms with van der Waals surface area (Å²) in [5.41, 5.74) is 0.368. The van der Waals surface area contributed by atoms with Gasteiger partial charge >= 0.3 is 0 Å². The van der Waals surface area contributed by atoms with E-state index in [1.807, 2.05) is 0 Å². The Morgan fingerprint density at radius 3 is 2.85 bits per heavy atom. The molecule has 1 aromatic carbocycles. The first-order valence-corrected chi connectivity index (χ1v) is 6.35. The van der Waals surface area contributed by atoms with E-state index in [1.165, 1.54) is 15.8 Å². The number of aliphatic hydroxyl groups excluding tert-OH is 1. The summed E-state index contributed by atoms with van der Waals surface area (Å²) >= 11 is 0. The number of fused-ring (bicyclic) bond motifs is 1. The molecule has 106 valence electrons. The maximum Gasteiger partial charge on any atom is 0.261 e. The molecule has 1 aromatic heterocycles. The van der Waals surface area contributed by atoms with Crippen LogP contribution >= 0.6 is 0 Å². The average Bonchev–Trinajstić information content (AvgIpc) is 2.48. The van der Waals surface area contributed by atoms with Crippen molar-refractivity contribution in [3.8, 4) is 0 Å². The molecule has 0 fully saturated rings. The van der Waals surface area contributed by atoms with Crippen molar-refractivity contribution in [3.63, 3.8) is 0 Å². The summed E-state index contributed by atoms with van der Waals surface area (Å²) < 4.78 is 1.28. The molecule has 1 amide bonds. The van der Waals surface area contributed by atoms with Crippen molar-refractivity contribution in [1.82, 2.24) is 14.5 Å². The van der Waals surface area contributed by atoms with E-state index < -0.39 is 0 Å². The molecule has 0 aliphatic heterocycles. The molecular weight excluding hydrogens is 258 g/mol. The van der Waals surface area contributed by atoms with Crippen LogP contribution in [0.4, 0.5) is 0 Å². The second-order valence-electron chi connectivity index (χ2n) is 4.73. The molecule has 0 saturated heterocycles. The molecule has 1 heterocycles. The van der Waals surface area contributed by atoms with Crippen LogP contribution in [0.3, 0.4) is 0 Å². The smallest absolute Gasteiger partial charge is 0.261 e. The molecule has 0 aliphatic carbocycles. The Hall–Kier alpha value is -2.21. The molecule has 20 heavy (non-hydrogen) atoms. The van der Waals surface area contributed by atoms with E-state index in [0.29, 0.717) is 10.9 Å². The highest BCUT2D eigenvalue weighted by Crippen LogP contribution is 2.05. The van der Waals surface area contributed by atoms with Crippen molar-refractivity contribution in [1.29, 1.82) is 0 Å². The van der Waals surface area contributed by atoms with Gasteiger partial charge in [-0.3, -0.25) is 14.2 Å². The van der Waals surface area contributed by atoms with E-state index in [9.17, 15) is 9.59 Å². The quantitative estimate of drug-likeness (QED) is 0.867. The van der Waals surface area contributed by atoms with Gasteiger partial charge in [-0.1, -0.05) is 12.1 Å². The molecular formula is C14H17N3O3. The summed E-state index contributed by atoms with van der Waals surface area (Å²) in [5, 5.41) is 9.53. The van der Waals surface area contributed by atoms with Gasteiger partial charge in [-0.25, -0.2) is 4.98 Å². The minimum atomic E-state index is -0.286. The number of likely N-dealkylation sites (N-methyl/N-ethyl adjacent to an activating group) is 1. The molecule has 0 bridgehead atoms. The van der Waals surface area contributed by atoms with E-state index in [2.05, 4.69) is 4.98 Å². The van der Waals surface area contributed by atoms with Crippen molar-refractivity contribution in [2.45, 2.75) is 19.5 Å². The summed E-state index contributed by atoms with van der Waals surface area (Å²) in [6.45, 7) is 1.53. The molecule has 0 radical (unpaired) electrons. The first-order valence-electron chi connectivity index (χ1n) is 6.35. The predicted octanol–water partition coefficient (Wildman–Crippen LogP) is 0.236. The number of aliphatic hydroxyl groups is 1. The maximum absolute atomic E-state index is 12.2. The van der Waals surface area contributed by atoms with E-state index >= 15 is 0 Å². The van der Waals surface area contributed by atoms with Gasteiger partial charge in [-0.2, -0.15) is 0 Å². The topological polar surface area (TPSA) is 75.4 Å². The lowest BCUT2D eigenvalue weighted by Crippen LogP contribution is -2.40. The number of rotatable bonds is 4. The van der Waals surface area contributed by atoms with Gasteiger partial charge in [0, 0.05) is 7.05 Å². The van der Waals surface area contributed by atoms with Crippen molar-refractivity contribution in [2.75, 3.05) is 13.7 Å². The van der Waals surface area contributed by atoms with Gasteiger partial charge < -0.3 is 10.0 Å². The highest BCUT2D eigenvalue weighted by Gasteiger charge is 2.16. The minimum absolute atomic E-state index is 0.0858. The zero-order valence-electron chi connectivity index (χ0n) is 11.5. The summed E-state index contributed by atoms with van der Waals surface area (Å²) in [4.78, 5) is 29.8. The van der Waals surface area contributed by atoms with E-state index in [4.69, 9.17) is 5.11 Å². The van der Waals surface area contributed by atoms with Crippen molar-refractivity contribution in [2.24, 2.45) is 0 Å². The summed E-state index contributed by atoms with van der Waals surface area (Å²) in [7, 11) is 1.60. The number of para-hydroxylation sites is 1. The van der Waals surface area contributed by atoms with Crippen LogP contribution in [0.5, 0.6) is 0 Å². The number of amides is 1. The lowest BCUT2D eigenvalue weighted by Gasteiger charge is -2.23. The van der Waals surface area contributed by atoms with Crippen LogP contribution in [0.15, 0.2) is 35.4 Å². The van der Waals surface area contributed by atoms with Gasteiger partial charge in [-0.05, 0) is 19.1 Å². The van der Waals surface area contributed by atoms with E-state index in [0.717, 1.165) is 0 Å². The number of carbonyl (C=O) groups excluding carboxylic acids is 1. The van der Waals surface area contributed by atoms with Crippen LogP contribution in [0.1, 0.15) is 6.92 Å². The Kier molecular flexibility index (Phi) is 4.14. The average molecular weight is 275 g/mol. The van der Waals surface area contributed by atoms with Crippen molar-refractivity contribution >= 4 is 16.8 Å². The molecule has 0 saturated carbocycles. The van der Waals surface area contributed by atoms with E-state index in [1.54, 1.807) is 38.2 Å². The van der Waals surface area contributed by atoms with Gasteiger partial charge in [0.15, 0.2) is 0 Å². The number of nitrogens with zero attached hydrogens (tertiary/aromatic N) is 3. The van der Waals surface area contributed by atoms with Crippen LogP contribution in [0.2, 0.25) is 0 Å². The third kappa shape index (κ3) is 2.70. The molecule has 1 unspecified atom stereocenters. The molecule has 0 aliphatic rings. The highest BCUT2D eigenvalue weighted by atomic mass is 16.3. The zero-order chi connectivity index (χ0) is 14.7. The van der Waals surface area contributed by atoms with Gasteiger partial charge in [0.1, 0.15) is 6.54 Å². The molecule has 0 spiro atoms. The van der Waals surface area contributed by atoms with Crippen LogP contribution < -0.4 is 5.56 Å². The Morgan fingerprint density at radius 2 is 2.15 bits per heavy atom. The van der Waals surface area contributed by atoms with Crippen LogP contribution in [-0.4, -0.2) is 45.2 Å². The lowest BCUT2D eigenvalue weighted by atomic mass is 10.2. The second-order valence-corrected chi connectivity index (χ2v) is 4.73. The molecule has 6 heteroatoms. The van der Waals surface area contributed by atoms with Gasteiger partial charge in [0.05, 0.1) is 29.9 Å². The van der Waals surface area contributed by atoms with Gasteiger partial charge in [0.25, 0.3) is 5.56 Å². The number of hydrogen-bond donors (Lipinski definition) is 1. The Bertz CT molecular complexity index is 681. The van der Waals surface area contributed by atoms with Crippen LogP contribution in [0, 0.1) is 0 Å². The zero-order valence-corrected chi connectivity index (χ0v) is 11.5. The fraction of sp³-hybridized carbons (Fsp3) is 0.357. The minimum Gasteiger partial charge on any atom is -0.394 e. The van der Waals surface area contributed by atoms with Crippen LogP contribution in [-0.2, 0) is 11.3 Å². The fourth-order valence-corrected chi connectivity index (χ4v) is 1.84. The summed E-state index contributed by atoms with van der Waals surface area (Å²) in [5.74, 6) is -0.245. The fourth-order valence-electron chi connectivity index (χ4n) is 1.84. The summed E-state index contributed by atoms with van der Waals surface area (Å²) in [6, 6.07) is 6.72. The first-order chi connectivity index (χ1) is 9.54. The third-order valence-electron chi connectivity index (χ3n) is 3.36. The Labute approximate surface area is 116 Å². The number of hydrogen-bond acceptors (Lipinski definition) is 4. The number of carbonyl (C=O) groups is 1. The van der Waals surface area contributed by atoms with Gasteiger partial charge in [-0.15, -0.1) is 0 Å². The Morgan fingerprint density at radius 1 is 1.45 bits per heavy atom. The van der Waals surface area contributed by atoms with Crippen molar-refractivity contribution in [3.05, 3.63) is 40.9 Å². The number of aromatic nitrogens is 2. The molecule has 1 N–H and O–H groups in total. The first kappa shape index (κ1) is 14.2. The number of benzene rings is 1. The predicted molar refractivity (Wildman–Crippen MR) is 75.3 cm³/mol. The lowest BCUT2D eigenvalue weighted by molar-refractivity contribution is -0.133. The standard InChI is InChI=1S/C14H17N3O3/c1-10(8-18)16(2)13(19)7-17-9-15-12-6-4-3-5-11(12)14(17)20/h3-6,9-10,18H,7-8H2,1-2H3. The van der Waals surface area contributed by atoms with Crippen LogP contribution in [0.25, 0.3) is 10.9 Å². The van der Waals surface area contributed by atoms with E-state index in [-0.39, 0.29) is 30.7 Å². The maximum atomic E-state index is 12.2. The molecule has 6 nitrogen and oxygen atoms in total.